The normalized spacial score (nSPS) is 13.9. The molecule has 2 N–H and O–H groups in total. The van der Waals surface area contributed by atoms with Crippen LogP contribution in [0.4, 0.5) is 0 Å². The maximum Gasteiger partial charge on any atom is 0.341 e. The Kier molecular flexibility index (Phi) is 10.6. The van der Waals surface area contributed by atoms with Gasteiger partial charge in [-0.25, -0.2) is 0 Å². The molecule has 0 aromatic heterocycles. The molecule has 19 heavy (non-hydrogen) atoms. The van der Waals surface area contributed by atoms with E-state index in [-0.39, 0.29) is 0 Å². The second kappa shape index (κ2) is 9.45. The number of halogens is 6. The molecule has 116 valence electrons. The first-order valence-electron chi connectivity index (χ1n) is 6.00. The maximum atomic E-state index is 9.89. The topological polar surface area (TPSA) is 40.5 Å². The van der Waals surface area contributed by atoms with Gasteiger partial charge in [-0.2, -0.15) is 0 Å². The lowest BCUT2D eigenvalue weighted by atomic mass is 10.4. The molecule has 0 aromatic carbocycles. The van der Waals surface area contributed by atoms with Crippen molar-refractivity contribution in [3.8, 4) is 0 Å². The first-order chi connectivity index (χ1) is 8.41. The van der Waals surface area contributed by atoms with Crippen molar-refractivity contribution in [2.45, 2.75) is 49.9 Å². The van der Waals surface area contributed by atoms with E-state index in [1.807, 2.05) is 0 Å². The SMILES string of the molecule is O[Si](O)(CCCC[Si](Cl)(Cl)Cl)CCCC[Si](Cl)(Cl)Cl. The Morgan fingerprint density at radius 3 is 1.05 bits per heavy atom. The molecule has 0 unspecified atom stereocenters. The molecule has 0 aliphatic carbocycles. The van der Waals surface area contributed by atoms with Crippen LogP contribution in [0, 0.1) is 0 Å². The monoisotopic (exact) mass is 440 g/mol. The number of hydrogen-bond donors (Lipinski definition) is 2. The van der Waals surface area contributed by atoms with Crippen molar-refractivity contribution in [3.63, 3.8) is 0 Å². The third-order valence-corrected chi connectivity index (χ3v) is 10.1. The van der Waals surface area contributed by atoms with Crippen LogP contribution < -0.4 is 0 Å². The molecule has 0 atom stereocenters. The summed E-state index contributed by atoms with van der Waals surface area (Å²) in [5, 5.41) is 0. The predicted molar refractivity (Wildman–Crippen MR) is 94.5 cm³/mol. The predicted octanol–water partition coefficient (Wildman–Crippen LogP) is 5.28. The standard InChI is InChI=1S/C8H18Cl6O2Si3/c9-18(10,11)7-3-1-5-17(15,16)6-2-4-8-19(12,13)14/h15-16H,1-8H2. The quantitative estimate of drug-likeness (QED) is 0.274. The van der Waals surface area contributed by atoms with Crippen molar-refractivity contribution in [3.05, 3.63) is 0 Å². The molecule has 2 nitrogen and oxygen atoms in total. The summed E-state index contributed by atoms with van der Waals surface area (Å²) in [5.74, 6) is 0. The smallest absolute Gasteiger partial charge is 0.341 e. The lowest BCUT2D eigenvalue weighted by Gasteiger charge is -2.18. The largest absolute Gasteiger partial charge is 0.411 e. The Morgan fingerprint density at radius 2 is 0.789 bits per heavy atom. The van der Waals surface area contributed by atoms with Crippen LogP contribution in [0.2, 0.25) is 24.2 Å². The lowest BCUT2D eigenvalue weighted by Crippen LogP contribution is -2.34. The number of hydrogen-bond acceptors (Lipinski definition) is 2. The average Bonchev–Trinajstić information content (AvgIpc) is 2.17. The first kappa shape index (κ1) is 21.3. The Labute approximate surface area is 145 Å². The summed E-state index contributed by atoms with van der Waals surface area (Å²) in [6, 6.07) is -3.22. The highest BCUT2D eigenvalue weighted by Gasteiger charge is 2.30. The van der Waals surface area contributed by atoms with Crippen molar-refractivity contribution in [1.82, 2.24) is 0 Å². The minimum Gasteiger partial charge on any atom is -0.411 e. The molecule has 11 heteroatoms. The van der Waals surface area contributed by atoms with Crippen LogP contribution in [0.3, 0.4) is 0 Å². The molecule has 0 aliphatic rings. The summed E-state index contributed by atoms with van der Waals surface area (Å²) in [5.41, 5.74) is 0. The fraction of sp³-hybridized carbons (Fsp3) is 1.00. The van der Waals surface area contributed by atoms with E-state index in [1.54, 1.807) is 0 Å². The molecule has 0 bridgehead atoms. The van der Waals surface area contributed by atoms with Gasteiger partial charge in [0.2, 0.25) is 0 Å². The third-order valence-electron chi connectivity index (χ3n) is 2.57. The molecule has 0 aliphatic heterocycles. The van der Waals surface area contributed by atoms with Crippen molar-refractivity contribution in [2.75, 3.05) is 0 Å². The zero-order valence-corrected chi connectivity index (χ0v) is 17.9. The molecule has 0 spiro atoms. The summed E-state index contributed by atoms with van der Waals surface area (Å²) in [4.78, 5) is 19.8. The van der Waals surface area contributed by atoms with Gasteiger partial charge in [0.15, 0.2) is 0 Å². The van der Waals surface area contributed by atoms with Crippen molar-refractivity contribution in [2.24, 2.45) is 0 Å². The first-order valence-corrected chi connectivity index (χ1v) is 18.8. The van der Waals surface area contributed by atoms with Gasteiger partial charge in [-0.05, 0) is 24.2 Å². The Balaban J connectivity index is 3.69. The molecule has 0 aromatic rings. The summed E-state index contributed by atoms with van der Waals surface area (Å²) in [6.45, 7) is 0. The van der Waals surface area contributed by atoms with Crippen molar-refractivity contribution < 1.29 is 9.59 Å². The minimum absolute atomic E-state index is 0.410. The molecule has 0 amide bonds. The fourth-order valence-electron chi connectivity index (χ4n) is 1.59. The lowest BCUT2D eigenvalue weighted by molar-refractivity contribution is 0.352. The third kappa shape index (κ3) is 16.5. The fourth-order valence-corrected chi connectivity index (χ4v) is 7.18. The summed E-state index contributed by atoms with van der Waals surface area (Å²) < 4.78 is 0. The molecule has 0 radical (unpaired) electrons. The van der Waals surface area contributed by atoms with E-state index in [9.17, 15) is 9.59 Å². The Bertz CT molecular complexity index is 232. The van der Waals surface area contributed by atoms with E-state index in [4.69, 9.17) is 66.5 Å². The molecular formula is C8H18Cl6O2Si3. The second-order valence-electron chi connectivity index (χ2n) is 4.63. The zero-order chi connectivity index (χ0) is 15.2. The zero-order valence-electron chi connectivity index (χ0n) is 10.3. The van der Waals surface area contributed by atoms with E-state index >= 15 is 0 Å². The van der Waals surface area contributed by atoms with E-state index in [2.05, 4.69) is 0 Å². The highest BCUT2D eigenvalue weighted by atomic mass is 35.8. The maximum absolute atomic E-state index is 9.89. The van der Waals surface area contributed by atoms with E-state index in [0.717, 1.165) is 12.8 Å². The molecule has 0 fully saturated rings. The van der Waals surface area contributed by atoms with Crippen LogP contribution in [0.1, 0.15) is 25.7 Å². The Hall–Kier alpha value is 2.31. The van der Waals surface area contributed by atoms with Gasteiger partial charge in [0.05, 0.1) is 0 Å². The highest BCUT2D eigenvalue weighted by Crippen LogP contribution is 2.30. The molecule has 0 saturated carbocycles. The van der Waals surface area contributed by atoms with Crippen LogP contribution in [0.15, 0.2) is 0 Å². The van der Waals surface area contributed by atoms with Crippen LogP contribution >= 0.6 is 66.5 Å². The highest BCUT2D eigenvalue weighted by molar-refractivity contribution is 7.65. The van der Waals surface area contributed by atoms with Gasteiger partial charge in [0, 0.05) is 0 Å². The van der Waals surface area contributed by atoms with Crippen molar-refractivity contribution >= 4 is 87.0 Å². The van der Waals surface area contributed by atoms with E-state index in [0.29, 0.717) is 37.0 Å². The molecule has 0 heterocycles. The van der Waals surface area contributed by atoms with Gasteiger partial charge in [-0.3, -0.25) is 0 Å². The Morgan fingerprint density at radius 1 is 0.526 bits per heavy atom. The van der Waals surface area contributed by atoms with Gasteiger partial charge < -0.3 is 9.59 Å². The van der Waals surface area contributed by atoms with Gasteiger partial charge in [0.1, 0.15) is 0 Å². The van der Waals surface area contributed by atoms with Crippen LogP contribution in [-0.4, -0.2) is 30.2 Å². The van der Waals surface area contributed by atoms with Crippen LogP contribution in [-0.2, 0) is 0 Å². The number of unbranched alkanes of at least 4 members (excludes halogenated alkanes) is 2. The average molecular weight is 443 g/mol. The van der Waals surface area contributed by atoms with E-state index < -0.39 is 20.6 Å². The van der Waals surface area contributed by atoms with Crippen LogP contribution in [0.5, 0.6) is 0 Å². The molecule has 0 saturated heterocycles. The summed E-state index contributed by atoms with van der Waals surface area (Å²) in [6.07, 6.45) is 2.80. The van der Waals surface area contributed by atoms with Gasteiger partial charge in [-0.1, -0.05) is 25.7 Å². The van der Waals surface area contributed by atoms with Crippen molar-refractivity contribution in [1.29, 1.82) is 0 Å². The summed E-state index contributed by atoms with van der Waals surface area (Å²) in [7, 11) is -3.12. The van der Waals surface area contributed by atoms with Gasteiger partial charge >= 0.3 is 20.6 Å². The second-order valence-corrected chi connectivity index (χ2v) is 26.1. The van der Waals surface area contributed by atoms with Gasteiger partial charge in [-0.15, -0.1) is 66.5 Å². The van der Waals surface area contributed by atoms with Crippen LogP contribution in [0.25, 0.3) is 0 Å². The minimum atomic E-state index is -3.12. The molecular weight excluding hydrogens is 425 g/mol. The number of rotatable bonds is 10. The van der Waals surface area contributed by atoms with Gasteiger partial charge in [0.25, 0.3) is 0 Å². The summed E-state index contributed by atoms with van der Waals surface area (Å²) >= 11 is 34.5. The van der Waals surface area contributed by atoms with E-state index in [1.165, 1.54) is 0 Å². The molecule has 0 rings (SSSR count).